The van der Waals surface area contributed by atoms with Crippen molar-refractivity contribution in [3.8, 4) is 0 Å². The Labute approximate surface area is 104 Å². The first-order valence-electron chi connectivity index (χ1n) is 5.15. The van der Waals surface area contributed by atoms with Gasteiger partial charge in [0.05, 0.1) is 11.2 Å². The van der Waals surface area contributed by atoms with Crippen molar-refractivity contribution in [2.75, 3.05) is 6.54 Å². The number of hydrogen-bond donors (Lipinski definition) is 1. The summed E-state index contributed by atoms with van der Waals surface area (Å²) in [6, 6.07) is 3.26. The molecule has 1 saturated heterocycles. The Morgan fingerprint density at radius 1 is 1.47 bits per heavy atom. The Kier molecular flexibility index (Phi) is 3.40. The Morgan fingerprint density at radius 2 is 2.18 bits per heavy atom. The Bertz CT molecular complexity index is 535. The van der Waals surface area contributed by atoms with Gasteiger partial charge in [-0.1, -0.05) is 11.6 Å². The van der Waals surface area contributed by atoms with Gasteiger partial charge in [-0.2, -0.15) is 4.31 Å². The molecule has 0 saturated carbocycles. The molecule has 0 aliphatic carbocycles. The number of halogens is 2. The lowest BCUT2D eigenvalue weighted by Crippen LogP contribution is -2.41. The van der Waals surface area contributed by atoms with Crippen LogP contribution in [-0.4, -0.2) is 25.4 Å². The van der Waals surface area contributed by atoms with Crippen molar-refractivity contribution in [1.82, 2.24) is 4.31 Å². The van der Waals surface area contributed by atoms with E-state index in [1.54, 1.807) is 0 Å². The second-order valence-corrected chi connectivity index (χ2v) is 6.17. The first-order chi connectivity index (χ1) is 7.93. The summed E-state index contributed by atoms with van der Waals surface area (Å²) in [5, 5.41) is 0.00509. The monoisotopic (exact) mass is 278 g/mol. The van der Waals surface area contributed by atoms with Gasteiger partial charge >= 0.3 is 0 Å². The predicted molar refractivity (Wildman–Crippen MR) is 62.5 cm³/mol. The minimum Gasteiger partial charge on any atom is -0.315 e. The fourth-order valence-corrected chi connectivity index (χ4v) is 3.94. The van der Waals surface area contributed by atoms with E-state index in [1.165, 1.54) is 6.07 Å². The SMILES string of the molecule is NC1CCCN1S(=O)(=O)c1cc(F)ccc1Cl. The number of nitrogens with zero attached hydrogens (tertiary/aromatic N) is 1. The molecule has 94 valence electrons. The summed E-state index contributed by atoms with van der Waals surface area (Å²) in [4.78, 5) is -0.225. The molecule has 4 nitrogen and oxygen atoms in total. The molecule has 1 heterocycles. The van der Waals surface area contributed by atoms with Crippen molar-refractivity contribution in [2.24, 2.45) is 5.73 Å². The summed E-state index contributed by atoms with van der Waals surface area (Å²) in [6.07, 6.45) is 0.749. The summed E-state index contributed by atoms with van der Waals surface area (Å²) in [5.74, 6) is -0.638. The molecule has 1 unspecified atom stereocenters. The summed E-state index contributed by atoms with van der Waals surface area (Å²) < 4.78 is 38.7. The van der Waals surface area contributed by atoms with Gasteiger partial charge in [0, 0.05) is 6.54 Å². The molecular formula is C10H12ClFN2O2S. The third-order valence-electron chi connectivity index (χ3n) is 2.73. The molecule has 0 amide bonds. The minimum absolute atomic E-state index is 0.00509. The molecule has 1 fully saturated rings. The summed E-state index contributed by atoms with van der Waals surface area (Å²) in [6.45, 7) is 0.344. The van der Waals surface area contributed by atoms with Gasteiger partial charge in [0.15, 0.2) is 0 Å². The molecule has 7 heteroatoms. The molecule has 0 spiro atoms. The van der Waals surface area contributed by atoms with Gasteiger partial charge in [-0.15, -0.1) is 0 Å². The number of benzene rings is 1. The van der Waals surface area contributed by atoms with Crippen LogP contribution in [0.2, 0.25) is 5.02 Å². The van der Waals surface area contributed by atoms with E-state index in [-0.39, 0.29) is 9.92 Å². The average Bonchev–Trinajstić information content (AvgIpc) is 2.68. The number of sulfonamides is 1. The van der Waals surface area contributed by atoms with Gasteiger partial charge in [-0.25, -0.2) is 12.8 Å². The van der Waals surface area contributed by atoms with Crippen LogP contribution in [0.1, 0.15) is 12.8 Å². The molecule has 2 rings (SSSR count). The van der Waals surface area contributed by atoms with Gasteiger partial charge in [0.2, 0.25) is 10.0 Å². The second-order valence-electron chi connectivity index (χ2n) is 3.90. The van der Waals surface area contributed by atoms with Crippen LogP contribution in [0.3, 0.4) is 0 Å². The summed E-state index contributed by atoms with van der Waals surface area (Å²) >= 11 is 5.79. The predicted octanol–water partition coefficient (Wildman–Crippen LogP) is 1.55. The van der Waals surface area contributed by atoms with E-state index in [0.717, 1.165) is 16.4 Å². The fourth-order valence-electron chi connectivity index (χ4n) is 1.87. The number of hydrogen-bond acceptors (Lipinski definition) is 3. The van der Waals surface area contributed by atoms with Gasteiger partial charge in [-0.05, 0) is 31.0 Å². The minimum atomic E-state index is -3.80. The van der Waals surface area contributed by atoms with E-state index < -0.39 is 22.0 Å². The third kappa shape index (κ3) is 2.30. The van der Waals surface area contributed by atoms with Gasteiger partial charge in [0.25, 0.3) is 0 Å². The zero-order chi connectivity index (χ0) is 12.6. The van der Waals surface area contributed by atoms with E-state index in [4.69, 9.17) is 17.3 Å². The lowest BCUT2D eigenvalue weighted by molar-refractivity contribution is 0.395. The molecule has 1 aromatic rings. The number of nitrogens with two attached hydrogens (primary N) is 1. The fraction of sp³-hybridized carbons (Fsp3) is 0.400. The van der Waals surface area contributed by atoms with Gasteiger partial charge in [0.1, 0.15) is 10.7 Å². The van der Waals surface area contributed by atoms with Crippen molar-refractivity contribution in [3.05, 3.63) is 29.0 Å². The van der Waals surface area contributed by atoms with Crippen molar-refractivity contribution in [3.63, 3.8) is 0 Å². The van der Waals surface area contributed by atoms with Crippen molar-refractivity contribution < 1.29 is 12.8 Å². The van der Waals surface area contributed by atoms with E-state index in [0.29, 0.717) is 19.4 Å². The van der Waals surface area contributed by atoms with Crippen LogP contribution in [0.25, 0.3) is 0 Å². The van der Waals surface area contributed by atoms with Crippen molar-refractivity contribution >= 4 is 21.6 Å². The normalized spacial score (nSPS) is 21.9. The molecule has 1 aromatic carbocycles. The highest BCUT2D eigenvalue weighted by Gasteiger charge is 2.34. The van der Waals surface area contributed by atoms with Gasteiger partial charge < -0.3 is 5.73 Å². The zero-order valence-corrected chi connectivity index (χ0v) is 10.5. The first-order valence-corrected chi connectivity index (χ1v) is 6.97. The summed E-state index contributed by atoms with van der Waals surface area (Å²) in [5.41, 5.74) is 5.70. The Balaban J connectivity index is 2.48. The molecule has 0 radical (unpaired) electrons. The smallest absolute Gasteiger partial charge is 0.246 e. The highest BCUT2D eigenvalue weighted by molar-refractivity contribution is 7.89. The van der Waals surface area contributed by atoms with E-state index in [2.05, 4.69) is 0 Å². The Morgan fingerprint density at radius 3 is 2.76 bits per heavy atom. The van der Waals surface area contributed by atoms with E-state index >= 15 is 0 Å². The maximum Gasteiger partial charge on any atom is 0.246 e. The molecule has 1 atom stereocenters. The lowest BCUT2D eigenvalue weighted by atomic mass is 10.3. The van der Waals surface area contributed by atoms with Crippen LogP contribution < -0.4 is 5.73 Å². The summed E-state index contributed by atoms with van der Waals surface area (Å²) in [7, 11) is -3.80. The molecule has 1 aliphatic rings. The van der Waals surface area contributed by atoms with E-state index in [1.807, 2.05) is 0 Å². The first kappa shape index (κ1) is 12.8. The van der Waals surface area contributed by atoms with Crippen LogP contribution in [0.15, 0.2) is 23.1 Å². The molecule has 17 heavy (non-hydrogen) atoms. The highest BCUT2D eigenvalue weighted by atomic mass is 35.5. The highest BCUT2D eigenvalue weighted by Crippen LogP contribution is 2.29. The van der Waals surface area contributed by atoms with Crippen LogP contribution in [0.4, 0.5) is 4.39 Å². The third-order valence-corrected chi connectivity index (χ3v) is 5.13. The Hall–Kier alpha value is -0.690. The number of rotatable bonds is 2. The molecule has 1 aliphatic heterocycles. The van der Waals surface area contributed by atoms with E-state index in [9.17, 15) is 12.8 Å². The largest absolute Gasteiger partial charge is 0.315 e. The van der Waals surface area contributed by atoms with Crippen LogP contribution in [0, 0.1) is 5.82 Å². The van der Waals surface area contributed by atoms with Crippen molar-refractivity contribution in [2.45, 2.75) is 23.9 Å². The van der Waals surface area contributed by atoms with Crippen molar-refractivity contribution in [1.29, 1.82) is 0 Å². The topological polar surface area (TPSA) is 63.4 Å². The second kappa shape index (κ2) is 4.53. The lowest BCUT2D eigenvalue weighted by Gasteiger charge is -2.21. The van der Waals surface area contributed by atoms with Crippen LogP contribution in [-0.2, 0) is 10.0 Å². The molecule has 0 aromatic heterocycles. The standard InChI is InChI=1S/C10H12ClFN2O2S/c11-8-4-3-7(12)6-9(8)17(15,16)14-5-1-2-10(14)13/h3-4,6,10H,1-2,5,13H2. The molecule has 0 bridgehead atoms. The molecule has 2 N–H and O–H groups in total. The molecular weight excluding hydrogens is 267 g/mol. The van der Waals surface area contributed by atoms with Gasteiger partial charge in [-0.3, -0.25) is 0 Å². The zero-order valence-electron chi connectivity index (χ0n) is 8.94. The average molecular weight is 279 g/mol. The maximum absolute atomic E-state index is 13.1. The maximum atomic E-state index is 13.1. The van der Waals surface area contributed by atoms with Crippen LogP contribution in [0.5, 0.6) is 0 Å². The quantitative estimate of drug-likeness (QED) is 0.893. The van der Waals surface area contributed by atoms with Crippen LogP contribution >= 0.6 is 11.6 Å².